The number of nitrogens with one attached hydrogen (secondary N) is 1. The second-order valence-electron chi connectivity index (χ2n) is 2.59. The van der Waals surface area contributed by atoms with Gasteiger partial charge in [0.2, 0.25) is 0 Å². The Balaban J connectivity index is 2.89. The summed E-state index contributed by atoms with van der Waals surface area (Å²) in [7, 11) is 1.72. The summed E-state index contributed by atoms with van der Waals surface area (Å²) in [4.78, 5) is 0. The Morgan fingerprint density at radius 2 is 1.92 bits per heavy atom. The number of rotatable bonds is 2. The molecule has 0 aliphatic heterocycles. The Labute approximate surface area is 72.3 Å². The number of hydrazone groups is 1. The van der Waals surface area contributed by atoms with Crippen LogP contribution in [0.5, 0.6) is 0 Å². The van der Waals surface area contributed by atoms with Crippen molar-refractivity contribution >= 4 is 5.84 Å². The van der Waals surface area contributed by atoms with Crippen LogP contribution in [0.1, 0.15) is 11.1 Å². The van der Waals surface area contributed by atoms with E-state index in [2.05, 4.69) is 10.5 Å². The van der Waals surface area contributed by atoms with Crippen LogP contribution in [0.25, 0.3) is 0 Å². The lowest BCUT2D eigenvalue weighted by atomic mass is 10.1. The van der Waals surface area contributed by atoms with Gasteiger partial charge < -0.3 is 11.2 Å². The lowest BCUT2D eigenvalue weighted by Gasteiger charge is -2.00. The molecule has 0 spiro atoms. The molecule has 0 aliphatic carbocycles. The van der Waals surface area contributed by atoms with Crippen molar-refractivity contribution in [1.82, 2.24) is 5.43 Å². The molecular weight excluding hydrogens is 150 g/mol. The molecule has 0 unspecified atom stereocenters. The van der Waals surface area contributed by atoms with Gasteiger partial charge in [-0.05, 0) is 6.92 Å². The highest BCUT2D eigenvalue weighted by Crippen LogP contribution is 2.01. The SMILES string of the molecule is CN/N=C(/N)c1ccc(C)cc1. The minimum absolute atomic E-state index is 0.512. The Morgan fingerprint density at radius 3 is 2.42 bits per heavy atom. The molecule has 3 N–H and O–H groups in total. The molecule has 1 aromatic rings. The summed E-state index contributed by atoms with van der Waals surface area (Å²) in [5.41, 5.74) is 10.4. The smallest absolute Gasteiger partial charge is 0.150 e. The zero-order valence-electron chi connectivity index (χ0n) is 7.33. The largest absolute Gasteiger partial charge is 0.382 e. The van der Waals surface area contributed by atoms with Gasteiger partial charge in [0, 0.05) is 12.6 Å². The van der Waals surface area contributed by atoms with Gasteiger partial charge in [-0.15, -0.1) is 0 Å². The fraction of sp³-hybridized carbons (Fsp3) is 0.222. The number of nitrogens with zero attached hydrogens (tertiary/aromatic N) is 1. The van der Waals surface area contributed by atoms with Crippen molar-refractivity contribution in [2.45, 2.75) is 6.92 Å². The number of amidine groups is 1. The average molecular weight is 163 g/mol. The van der Waals surface area contributed by atoms with E-state index < -0.39 is 0 Å². The van der Waals surface area contributed by atoms with Crippen LogP contribution in [-0.2, 0) is 0 Å². The van der Waals surface area contributed by atoms with Crippen molar-refractivity contribution in [1.29, 1.82) is 0 Å². The van der Waals surface area contributed by atoms with Crippen molar-refractivity contribution in [3.05, 3.63) is 35.4 Å². The third kappa shape index (κ3) is 1.99. The molecule has 0 heterocycles. The van der Waals surface area contributed by atoms with Gasteiger partial charge in [-0.25, -0.2) is 0 Å². The van der Waals surface area contributed by atoms with Crippen molar-refractivity contribution < 1.29 is 0 Å². The van der Waals surface area contributed by atoms with E-state index >= 15 is 0 Å². The Kier molecular flexibility index (Phi) is 2.69. The summed E-state index contributed by atoms with van der Waals surface area (Å²) < 4.78 is 0. The first-order chi connectivity index (χ1) is 5.74. The molecule has 0 atom stereocenters. The molecule has 0 fully saturated rings. The van der Waals surface area contributed by atoms with E-state index in [0.29, 0.717) is 5.84 Å². The van der Waals surface area contributed by atoms with E-state index in [-0.39, 0.29) is 0 Å². The first kappa shape index (κ1) is 8.59. The molecule has 1 aromatic carbocycles. The fourth-order valence-corrected chi connectivity index (χ4v) is 0.909. The molecule has 3 heteroatoms. The lowest BCUT2D eigenvalue weighted by Crippen LogP contribution is -2.16. The third-order valence-electron chi connectivity index (χ3n) is 1.58. The van der Waals surface area contributed by atoms with Crippen molar-refractivity contribution in [2.75, 3.05) is 7.05 Å². The van der Waals surface area contributed by atoms with Crippen molar-refractivity contribution in [2.24, 2.45) is 10.8 Å². The van der Waals surface area contributed by atoms with Crippen LogP contribution in [0.3, 0.4) is 0 Å². The molecule has 0 aliphatic rings. The lowest BCUT2D eigenvalue weighted by molar-refractivity contribution is 0.898. The number of hydrogen-bond donors (Lipinski definition) is 2. The van der Waals surface area contributed by atoms with E-state index in [9.17, 15) is 0 Å². The normalized spacial score (nSPS) is 11.3. The average Bonchev–Trinajstić information content (AvgIpc) is 2.06. The van der Waals surface area contributed by atoms with E-state index in [1.165, 1.54) is 5.56 Å². The molecule has 1 rings (SSSR count). The fourth-order valence-electron chi connectivity index (χ4n) is 0.909. The van der Waals surface area contributed by atoms with Gasteiger partial charge >= 0.3 is 0 Å². The molecule has 0 amide bonds. The van der Waals surface area contributed by atoms with Gasteiger partial charge in [0.1, 0.15) is 0 Å². The van der Waals surface area contributed by atoms with Crippen LogP contribution < -0.4 is 11.2 Å². The number of nitrogens with two attached hydrogens (primary N) is 1. The first-order valence-electron chi connectivity index (χ1n) is 3.81. The minimum atomic E-state index is 0.512. The summed E-state index contributed by atoms with van der Waals surface area (Å²) in [5.74, 6) is 0.512. The quantitative estimate of drug-likeness (QED) is 0.385. The Morgan fingerprint density at radius 1 is 1.33 bits per heavy atom. The number of benzene rings is 1. The molecule has 3 nitrogen and oxygen atoms in total. The monoisotopic (exact) mass is 163 g/mol. The van der Waals surface area contributed by atoms with E-state index in [0.717, 1.165) is 5.56 Å². The number of hydrogen-bond acceptors (Lipinski definition) is 2. The highest BCUT2D eigenvalue weighted by Gasteiger charge is 1.95. The van der Waals surface area contributed by atoms with Gasteiger partial charge in [0.05, 0.1) is 0 Å². The maximum Gasteiger partial charge on any atom is 0.150 e. The van der Waals surface area contributed by atoms with Crippen molar-refractivity contribution in [3.63, 3.8) is 0 Å². The molecule has 12 heavy (non-hydrogen) atoms. The summed E-state index contributed by atoms with van der Waals surface area (Å²) in [6, 6.07) is 7.91. The molecule has 0 bridgehead atoms. The van der Waals surface area contributed by atoms with Crippen LogP contribution in [0.4, 0.5) is 0 Å². The predicted octanol–water partition coefficient (Wildman–Crippen LogP) is 0.835. The van der Waals surface area contributed by atoms with Crippen molar-refractivity contribution in [3.8, 4) is 0 Å². The molecule has 0 saturated heterocycles. The van der Waals surface area contributed by atoms with Crippen LogP contribution in [-0.4, -0.2) is 12.9 Å². The Bertz CT molecular complexity index is 274. The molecule has 0 saturated carbocycles. The van der Waals surface area contributed by atoms with E-state index in [1.54, 1.807) is 7.05 Å². The summed E-state index contributed by atoms with van der Waals surface area (Å²) in [5, 5.41) is 3.87. The summed E-state index contributed by atoms with van der Waals surface area (Å²) in [6.45, 7) is 2.04. The molecular formula is C9H13N3. The minimum Gasteiger partial charge on any atom is -0.382 e. The van der Waals surface area contributed by atoms with Gasteiger partial charge in [-0.3, -0.25) is 0 Å². The van der Waals surface area contributed by atoms with Crippen LogP contribution in [0.2, 0.25) is 0 Å². The molecule has 0 aromatic heterocycles. The van der Waals surface area contributed by atoms with E-state index in [4.69, 9.17) is 5.73 Å². The van der Waals surface area contributed by atoms with Gasteiger partial charge in [0.15, 0.2) is 5.84 Å². The standard InChI is InChI=1S/C9H13N3/c1-7-3-5-8(6-4-7)9(10)12-11-2/h3-6,11H,1-2H3,(H2,10,12). The maximum absolute atomic E-state index is 5.64. The molecule has 64 valence electrons. The summed E-state index contributed by atoms with van der Waals surface area (Å²) in [6.07, 6.45) is 0. The highest BCUT2D eigenvalue weighted by atomic mass is 15.3. The maximum atomic E-state index is 5.64. The topological polar surface area (TPSA) is 50.4 Å². The summed E-state index contributed by atoms with van der Waals surface area (Å²) >= 11 is 0. The molecule has 0 radical (unpaired) electrons. The second-order valence-corrected chi connectivity index (χ2v) is 2.59. The van der Waals surface area contributed by atoms with Gasteiger partial charge in [0.25, 0.3) is 0 Å². The Hall–Kier alpha value is -1.51. The zero-order valence-corrected chi connectivity index (χ0v) is 7.33. The first-order valence-corrected chi connectivity index (χ1v) is 3.81. The number of aryl methyl sites for hydroxylation is 1. The second kappa shape index (κ2) is 3.76. The van der Waals surface area contributed by atoms with Crippen LogP contribution in [0.15, 0.2) is 29.4 Å². The van der Waals surface area contributed by atoms with Crippen LogP contribution >= 0.6 is 0 Å². The third-order valence-corrected chi connectivity index (χ3v) is 1.58. The van der Waals surface area contributed by atoms with Gasteiger partial charge in [-0.1, -0.05) is 29.8 Å². The predicted molar refractivity (Wildman–Crippen MR) is 51.0 cm³/mol. The zero-order chi connectivity index (χ0) is 8.97. The highest BCUT2D eigenvalue weighted by molar-refractivity contribution is 5.97. The van der Waals surface area contributed by atoms with Gasteiger partial charge in [-0.2, -0.15) is 5.10 Å². The van der Waals surface area contributed by atoms with E-state index in [1.807, 2.05) is 31.2 Å². The van der Waals surface area contributed by atoms with Crippen LogP contribution in [0, 0.1) is 6.92 Å².